The van der Waals surface area contributed by atoms with Gasteiger partial charge in [-0.1, -0.05) is 0 Å². The SMILES string of the molecule is CCOC(=O)c1cc(S(=O)(=O)NC(C)C)n(C)c1. The molecule has 0 aliphatic rings. The molecule has 1 heterocycles. The summed E-state index contributed by atoms with van der Waals surface area (Å²) < 4.78 is 32.6. The van der Waals surface area contributed by atoms with Crippen molar-refractivity contribution in [3.05, 3.63) is 17.8 Å². The molecule has 0 spiro atoms. The molecule has 1 aromatic heterocycles. The van der Waals surface area contributed by atoms with Gasteiger partial charge in [0.2, 0.25) is 0 Å². The molecule has 0 fully saturated rings. The average Bonchev–Trinajstić information content (AvgIpc) is 2.59. The number of rotatable bonds is 5. The molecule has 6 nitrogen and oxygen atoms in total. The maximum absolute atomic E-state index is 12.0. The fraction of sp³-hybridized carbons (Fsp3) is 0.545. The first-order chi connectivity index (χ1) is 8.27. The molecule has 0 aliphatic heterocycles. The number of carbonyl (C=O) groups is 1. The second-order valence-corrected chi connectivity index (χ2v) is 5.84. The zero-order chi connectivity index (χ0) is 13.9. The highest BCUT2D eigenvalue weighted by molar-refractivity contribution is 7.89. The molecule has 1 rings (SSSR count). The molecule has 0 bridgehead atoms. The molecule has 0 saturated heterocycles. The van der Waals surface area contributed by atoms with E-state index in [1.807, 2.05) is 0 Å². The topological polar surface area (TPSA) is 77.4 Å². The number of aryl methyl sites for hydroxylation is 1. The minimum Gasteiger partial charge on any atom is -0.462 e. The second-order valence-electron chi connectivity index (χ2n) is 4.17. The number of esters is 1. The van der Waals surface area contributed by atoms with Crippen LogP contribution in [0.15, 0.2) is 17.3 Å². The molecule has 1 N–H and O–H groups in total. The van der Waals surface area contributed by atoms with E-state index >= 15 is 0 Å². The van der Waals surface area contributed by atoms with Crippen LogP contribution in [0.2, 0.25) is 0 Å². The zero-order valence-electron chi connectivity index (χ0n) is 10.9. The van der Waals surface area contributed by atoms with Crippen LogP contribution in [0.5, 0.6) is 0 Å². The number of ether oxygens (including phenoxy) is 1. The van der Waals surface area contributed by atoms with Crippen molar-refractivity contribution in [2.24, 2.45) is 7.05 Å². The van der Waals surface area contributed by atoms with Crippen molar-refractivity contribution >= 4 is 16.0 Å². The van der Waals surface area contributed by atoms with E-state index in [2.05, 4.69) is 4.72 Å². The largest absolute Gasteiger partial charge is 0.462 e. The van der Waals surface area contributed by atoms with E-state index < -0.39 is 16.0 Å². The van der Waals surface area contributed by atoms with Gasteiger partial charge in [-0.05, 0) is 26.8 Å². The summed E-state index contributed by atoms with van der Waals surface area (Å²) in [6, 6.07) is 1.10. The van der Waals surface area contributed by atoms with Crippen molar-refractivity contribution in [2.45, 2.75) is 31.8 Å². The zero-order valence-corrected chi connectivity index (χ0v) is 11.7. The molecule has 102 valence electrons. The molecule has 0 atom stereocenters. The van der Waals surface area contributed by atoms with Crippen LogP contribution in [-0.4, -0.2) is 31.6 Å². The predicted octanol–water partition coefficient (Wildman–Crippen LogP) is 0.888. The molecule has 0 saturated carbocycles. The molecule has 1 aromatic rings. The van der Waals surface area contributed by atoms with Crippen LogP contribution in [0, 0.1) is 0 Å². The van der Waals surface area contributed by atoms with Gasteiger partial charge in [0.1, 0.15) is 0 Å². The van der Waals surface area contributed by atoms with Gasteiger partial charge < -0.3 is 9.30 Å². The molecule has 0 aromatic carbocycles. The number of hydrogen-bond acceptors (Lipinski definition) is 4. The monoisotopic (exact) mass is 274 g/mol. The summed E-state index contributed by atoms with van der Waals surface area (Å²) in [5.41, 5.74) is 0.225. The first-order valence-corrected chi connectivity index (χ1v) is 7.12. The lowest BCUT2D eigenvalue weighted by Crippen LogP contribution is -2.31. The van der Waals surface area contributed by atoms with Crippen molar-refractivity contribution < 1.29 is 17.9 Å². The van der Waals surface area contributed by atoms with Gasteiger partial charge in [0.25, 0.3) is 10.0 Å². The highest BCUT2D eigenvalue weighted by Crippen LogP contribution is 2.14. The lowest BCUT2D eigenvalue weighted by molar-refractivity contribution is 0.0526. The highest BCUT2D eigenvalue weighted by atomic mass is 32.2. The Kier molecular flexibility index (Phi) is 4.53. The summed E-state index contributed by atoms with van der Waals surface area (Å²) in [5.74, 6) is -0.529. The summed E-state index contributed by atoms with van der Waals surface area (Å²) in [5, 5.41) is 0.0410. The lowest BCUT2D eigenvalue weighted by Gasteiger charge is -2.09. The van der Waals surface area contributed by atoms with E-state index in [9.17, 15) is 13.2 Å². The van der Waals surface area contributed by atoms with E-state index in [1.165, 1.54) is 16.8 Å². The molecule has 7 heteroatoms. The van der Waals surface area contributed by atoms with Gasteiger partial charge in [0.05, 0.1) is 12.2 Å². The van der Waals surface area contributed by atoms with Gasteiger partial charge in [-0.2, -0.15) is 0 Å². The van der Waals surface area contributed by atoms with Gasteiger partial charge in [-0.15, -0.1) is 0 Å². The van der Waals surface area contributed by atoms with Crippen molar-refractivity contribution in [1.29, 1.82) is 0 Å². The summed E-state index contributed by atoms with van der Waals surface area (Å²) in [6.45, 7) is 5.40. The van der Waals surface area contributed by atoms with Gasteiger partial charge in [-0.3, -0.25) is 0 Å². The van der Waals surface area contributed by atoms with Gasteiger partial charge in [0, 0.05) is 19.3 Å². The minimum absolute atomic E-state index is 0.0410. The molecular formula is C11H18N2O4S. The smallest absolute Gasteiger partial charge is 0.339 e. The number of carbonyl (C=O) groups excluding carboxylic acids is 1. The fourth-order valence-electron chi connectivity index (χ4n) is 1.51. The first-order valence-electron chi connectivity index (χ1n) is 5.63. The summed E-state index contributed by atoms with van der Waals surface area (Å²) >= 11 is 0. The highest BCUT2D eigenvalue weighted by Gasteiger charge is 2.22. The van der Waals surface area contributed by atoms with Crippen molar-refractivity contribution in [3.8, 4) is 0 Å². The average molecular weight is 274 g/mol. The number of aromatic nitrogens is 1. The van der Waals surface area contributed by atoms with Crippen LogP contribution in [0.3, 0.4) is 0 Å². The minimum atomic E-state index is -3.61. The quantitative estimate of drug-likeness (QED) is 0.809. The summed E-state index contributed by atoms with van der Waals surface area (Å²) in [7, 11) is -2.05. The van der Waals surface area contributed by atoms with Crippen molar-refractivity contribution in [2.75, 3.05) is 6.61 Å². The fourth-order valence-corrected chi connectivity index (χ4v) is 2.96. The molecule has 0 aliphatic carbocycles. The number of hydrogen-bond donors (Lipinski definition) is 1. The maximum Gasteiger partial charge on any atom is 0.339 e. The van der Waals surface area contributed by atoms with Crippen LogP contribution >= 0.6 is 0 Å². The Balaban J connectivity index is 3.09. The molecular weight excluding hydrogens is 256 g/mol. The Morgan fingerprint density at radius 2 is 2.11 bits per heavy atom. The molecule has 0 amide bonds. The normalized spacial score (nSPS) is 11.8. The van der Waals surface area contributed by atoms with Crippen molar-refractivity contribution in [3.63, 3.8) is 0 Å². The van der Waals surface area contributed by atoms with Crippen molar-refractivity contribution in [1.82, 2.24) is 9.29 Å². The van der Waals surface area contributed by atoms with Crippen LogP contribution in [0.25, 0.3) is 0 Å². The standard InChI is InChI=1S/C11H18N2O4S/c1-5-17-11(14)9-6-10(13(4)7-9)18(15,16)12-8(2)3/h6-8,12H,5H2,1-4H3. The molecule has 18 heavy (non-hydrogen) atoms. The third-order valence-corrected chi connectivity index (χ3v) is 3.87. The van der Waals surface area contributed by atoms with E-state index in [0.717, 1.165) is 0 Å². The lowest BCUT2D eigenvalue weighted by atomic mass is 10.3. The Labute approximate surface area is 107 Å². The Hall–Kier alpha value is -1.34. The maximum atomic E-state index is 12.0. The van der Waals surface area contributed by atoms with E-state index in [-0.39, 0.29) is 23.2 Å². The number of sulfonamides is 1. The van der Waals surface area contributed by atoms with Crippen LogP contribution in [-0.2, 0) is 21.8 Å². The Bertz CT molecular complexity index is 531. The van der Waals surface area contributed by atoms with Gasteiger partial charge in [0.15, 0.2) is 5.03 Å². The summed E-state index contributed by atoms with van der Waals surface area (Å²) in [4.78, 5) is 11.5. The Morgan fingerprint density at radius 3 is 2.61 bits per heavy atom. The van der Waals surface area contributed by atoms with Crippen LogP contribution in [0.4, 0.5) is 0 Å². The Morgan fingerprint density at radius 1 is 1.50 bits per heavy atom. The third kappa shape index (κ3) is 3.33. The van der Waals surface area contributed by atoms with Crippen LogP contribution in [0.1, 0.15) is 31.1 Å². The van der Waals surface area contributed by atoms with Crippen LogP contribution < -0.4 is 4.72 Å². The number of nitrogens with zero attached hydrogens (tertiary/aromatic N) is 1. The third-order valence-electron chi connectivity index (χ3n) is 2.14. The summed E-state index contributed by atoms with van der Waals surface area (Å²) in [6.07, 6.45) is 1.44. The van der Waals surface area contributed by atoms with E-state index in [0.29, 0.717) is 0 Å². The van der Waals surface area contributed by atoms with E-state index in [4.69, 9.17) is 4.74 Å². The number of nitrogens with one attached hydrogen (secondary N) is 1. The van der Waals surface area contributed by atoms with Gasteiger partial charge in [-0.25, -0.2) is 17.9 Å². The second kappa shape index (κ2) is 5.53. The molecule has 0 radical (unpaired) electrons. The van der Waals surface area contributed by atoms with Gasteiger partial charge >= 0.3 is 5.97 Å². The predicted molar refractivity (Wildman–Crippen MR) is 66.8 cm³/mol. The first kappa shape index (κ1) is 14.7. The molecule has 0 unspecified atom stereocenters. The van der Waals surface area contributed by atoms with E-state index in [1.54, 1.807) is 27.8 Å².